The number of amides is 3. The third kappa shape index (κ3) is 5.24. The van der Waals surface area contributed by atoms with Gasteiger partial charge in [-0.3, -0.25) is 14.5 Å². The molecule has 32 heavy (non-hydrogen) atoms. The van der Waals surface area contributed by atoms with E-state index in [9.17, 15) is 23.6 Å². The number of fused-ring (bicyclic) bond motifs is 1. The van der Waals surface area contributed by atoms with Crippen molar-refractivity contribution in [2.75, 3.05) is 6.54 Å². The van der Waals surface area contributed by atoms with Crippen LogP contribution >= 0.6 is 0 Å². The molecule has 0 radical (unpaired) electrons. The maximum atomic E-state index is 13.9. The lowest BCUT2D eigenvalue weighted by molar-refractivity contribution is -0.147. The first-order valence-electron chi connectivity index (χ1n) is 10.3. The molecule has 10 heteroatoms. The number of halogens is 1. The Morgan fingerprint density at radius 1 is 1.28 bits per heavy atom. The minimum absolute atomic E-state index is 0.0111. The molecule has 2 aliphatic rings. The minimum Gasteiger partial charge on any atom is -0.459 e. The highest BCUT2D eigenvalue weighted by Gasteiger charge is 2.41. The average Bonchev–Trinajstić information content (AvgIpc) is 3.33. The third-order valence-corrected chi connectivity index (χ3v) is 5.45. The summed E-state index contributed by atoms with van der Waals surface area (Å²) in [5.74, 6) is -2.11. The highest BCUT2D eigenvalue weighted by atomic mass is 19.1. The lowest BCUT2D eigenvalue weighted by Crippen LogP contribution is -2.44. The predicted octanol–water partition coefficient (Wildman–Crippen LogP) is 1.63. The number of benzene rings is 1. The first kappa shape index (κ1) is 23.2. The number of carbonyl (C=O) groups is 4. The lowest BCUT2D eigenvalue weighted by Gasteiger charge is -2.23. The standard InChI is InChI=1S/C22H26FN3O6/c1-3-5-20(28)31-13(2)8-19(27)26-11-15(9-18(26)21(24)29)32-22(30)25-10-14-6-4-7-17(23)16(14)12-25/h3-7,13,15,18H,8-12H2,1-2H3,(H2,24,29)/b5-3+/t13-,15?,18+/m1/s1. The van der Waals surface area contributed by atoms with Crippen molar-refractivity contribution in [1.29, 1.82) is 0 Å². The van der Waals surface area contributed by atoms with Crippen LogP contribution < -0.4 is 5.73 Å². The molecule has 0 aromatic heterocycles. The number of nitrogens with two attached hydrogens (primary N) is 1. The summed E-state index contributed by atoms with van der Waals surface area (Å²) >= 11 is 0. The molecular weight excluding hydrogens is 421 g/mol. The third-order valence-electron chi connectivity index (χ3n) is 5.45. The van der Waals surface area contributed by atoms with Gasteiger partial charge in [0.25, 0.3) is 0 Å². The molecule has 3 rings (SSSR count). The van der Waals surface area contributed by atoms with Gasteiger partial charge in [0.1, 0.15) is 24.1 Å². The minimum atomic E-state index is -0.938. The summed E-state index contributed by atoms with van der Waals surface area (Å²) < 4.78 is 24.5. The molecule has 0 bridgehead atoms. The number of allylic oxidation sites excluding steroid dienone is 1. The summed E-state index contributed by atoms with van der Waals surface area (Å²) in [5, 5.41) is 0. The Morgan fingerprint density at radius 2 is 2.03 bits per heavy atom. The van der Waals surface area contributed by atoms with Crippen molar-refractivity contribution in [2.45, 2.75) is 58.0 Å². The van der Waals surface area contributed by atoms with Crippen molar-refractivity contribution in [3.05, 3.63) is 47.3 Å². The molecule has 2 N–H and O–H groups in total. The zero-order valence-corrected chi connectivity index (χ0v) is 18.0. The zero-order valence-electron chi connectivity index (χ0n) is 18.0. The van der Waals surface area contributed by atoms with Crippen molar-refractivity contribution < 1.29 is 33.0 Å². The van der Waals surface area contributed by atoms with Crippen LogP contribution in [0.3, 0.4) is 0 Å². The van der Waals surface area contributed by atoms with Gasteiger partial charge in [0.2, 0.25) is 11.8 Å². The second kappa shape index (κ2) is 9.80. The van der Waals surface area contributed by atoms with E-state index >= 15 is 0 Å². The molecule has 2 aliphatic heterocycles. The molecule has 3 atom stereocenters. The average molecular weight is 447 g/mol. The number of hydrogen-bond donors (Lipinski definition) is 1. The smallest absolute Gasteiger partial charge is 0.410 e. The van der Waals surface area contributed by atoms with E-state index < -0.39 is 42.1 Å². The molecule has 1 aromatic rings. The molecule has 0 spiro atoms. The van der Waals surface area contributed by atoms with Gasteiger partial charge < -0.3 is 20.1 Å². The fourth-order valence-electron chi connectivity index (χ4n) is 3.93. The van der Waals surface area contributed by atoms with Crippen LogP contribution in [0, 0.1) is 5.82 Å². The number of hydrogen-bond acceptors (Lipinski definition) is 6. The summed E-state index contributed by atoms with van der Waals surface area (Å²) in [6.07, 6.45) is 0.575. The van der Waals surface area contributed by atoms with E-state index in [0.29, 0.717) is 11.1 Å². The number of likely N-dealkylation sites (tertiary alicyclic amines) is 1. The maximum absolute atomic E-state index is 13.9. The van der Waals surface area contributed by atoms with Crippen molar-refractivity contribution in [3.63, 3.8) is 0 Å². The molecule has 9 nitrogen and oxygen atoms in total. The Bertz CT molecular complexity index is 950. The van der Waals surface area contributed by atoms with Gasteiger partial charge in [-0.25, -0.2) is 14.0 Å². The second-order valence-electron chi connectivity index (χ2n) is 7.89. The van der Waals surface area contributed by atoms with E-state index in [1.807, 2.05) is 0 Å². The Hall–Kier alpha value is -3.43. The van der Waals surface area contributed by atoms with E-state index in [2.05, 4.69) is 0 Å². The molecule has 0 saturated carbocycles. The largest absolute Gasteiger partial charge is 0.459 e. The molecule has 172 valence electrons. The van der Waals surface area contributed by atoms with E-state index in [0.717, 1.165) is 0 Å². The van der Waals surface area contributed by atoms with Gasteiger partial charge in [-0.1, -0.05) is 18.2 Å². The van der Waals surface area contributed by atoms with Crippen LogP contribution in [0.2, 0.25) is 0 Å². The van der Waals surface area contributed by atoms with E-state index in [-0.39, 0.29) is 38.3 Å². The highest BCUT2D eigenvalue weighted by molar-refractivity contribution is 5.88. The second-order valence-corrected chi connectivity index (χ2v) is 7.89. The monoisotopic (exact) mass is 447 g/mol. The molecule has 1 fully saturated rings. The van der Waals surface area contributed by atoms with Gasteiger partial charge in [-0.05, 0) is 25.5 Å². The van der Waals surface area contributed by atoms with Crippen LogP contribution in [0.4, 0.5) is 9.18 Å². The van der Waals surface area contributed by atoms with Crippen LogP contribution in [-0.4, -0.2) is 58.5 Å². The van der Waals surface area contributed by atoms with Crippen molar-refractivity contribution in [3.8, 4) is 0 Å². The molecule has 1 saturated heterocycles. The van der Waals surface area contributed by atoms with Crippen molar-refractivity contribution >= 4 is 23.9 Å². The first-order valence-corrected chi connectivity index (χ1v) is 10.3. The Balaban J connectivity index is 1.58. The maximum Gasteiger partial charge on any atom is 0.410 e. The summed E-state index contributed by atoms with van der Waals surface area (Å²) in [4.78, 5) is 51.3. The summed E-state index contributed by atoms with van der Waals surface area (Å²) in [5.41, 5.74) is 6.60. The number of ether oxygens (including phenoxy) is 2. The topological polar surface area (TPSA) is 119 Å². The fourth-order valence-corrected chi connectivity index (χ4v) is 3.93. The van der Waals surface area contributed by atoms with Gasteiger partial charge in [-0.2, -0.15) is 0 Å². The van der Waals surface area contributed by atoms with Gasteiger partial charge >= 0.3 is 12.1 Å². The molecule has 1 aromatic carbocycles. The number of carbonyl (C=O) groups excluding carboxylic acids is 4. The Kier molecular flexibility index (Phi) is 7.12. The SMILES string of the molecule is C/C=C/C(=O)O[C@H](C)CC(=O)N1CC(OC(=O)N2Cc3cccc(F)c3C2)C[C@H]1C(N)=O. The van der Waals surface area contributed by atoms with Gasteiger partial charge in [0.05, 0.1) is 19.5 Å². The molecular formula is C22H26FN3O6. The highest BCUT2D eigenvalue weighted by Crippen LogP contribution is 2.28. The normalized spacial score (nSPS) is 20.8. The molecule has 1 unspecified atom stereocenters. The van der Waals surface area contributed by atoms with Crippen LogP contribution in [0.25, 0.3) is 0 Å². The quantitative estimate of drug-likeness (QED) is 0.523. The lowest BCUT2D eigenvalue weighted by atomic mass is 10.1. The van der Waals surface area contributed by atoms with Gasteiger partial charge in [0, 0.05) is 24.6 Å². The number of esters is 1. The van der Waals surface area contributed by atoms with E-state index in [1.165, 1.54) is 28.0 Å². The summed E-state index contributed by atoms with van der Waals surface area (Å²) in [7, 11) is 0. The molecule has 3 amide bonds. The number of nitrogens with zero attached hydrogens (tertiary/aromatic N) is 2. The van der Waals surface area contributed by atoms with Crippen LogP contribution in [0.15, 0.2) is 30.4 Å². The van der Waals surface area contributed by atoms with Crippen molar-refractivity contribution in [2.24, 2.45) is 5.73 Å². The van der Waals surface area contributed by atoms with Gasteiger partial charge in [0.15, 0.2) is 0 Å². The summed E-state index contributed by atoms with van der Waals surface area (Å²) in [6, 6.07) is 3.72. The van der Waals surface area contributed by atoms with Crippen LogP contribution in [0.1, 0.15) is 37.8 Å². The van der Waals surface area contributed by atoms with Crippen LogP contribution in [0.5, 0.6) is 0 Å². The fraction of sp³-hybridized carbons (Fsp3) is 0.455. The Morgan fingerprint density at radius 3 is 2.69 bits per heavy atom. The van der Waals surface area contributed by atoms with E-state index in [1.54, 1.807) is 26.0 Å². The Labute approximate surface area is 184 Å². The zero-order chi connectivity index (χ0) is 23.4. The summed E-state index contributed by atoms with van der Waals surface area (Å²) in [6.45, 7) is 3.52. The van der Waals surface area contributed by atoms with Crippen LogP contribution in [-0.2, 0) is 36.9 Å². The number of primary amides is 1. The molecule has 2 heterocycles. The van der Waals surface area contributed by atoms with E-state index in [4.69, 9.17) is 15.2 Å². The number of rotatable bonds is 6. The molecule has 0 aliphatic carbocycles. The van der Waals surface area contributed by atoms with Crippen molar-refractivity contribution in [1.82, 2.24) is 9.80 Å². The first-order chi connectivity index (χ1) is 15.2. The van der Waals surface area contributed by atoms with Gasteiger partial charge in [-0.15, -0.1) is 0 Å². The predicted molar refractivity (Wildman–Crippen MR) is 110 cm³/mol.